The Labute approximate surface area is 189 Å². The molecule has 6 nitrogen and oxygen atoms in total. The molecule has 1 N–H and O–H groups in total. The van der Waals surface area contributed by atoms with E-state index in [1.165, 1.54) is 7.11 Å². The summed E-state index contributed by atoms with van der Waals surface area (Å²) in [7, 11) is 1.44. The van der Waals surface area contributed by atoms with Crippen LogP contribution in [0, 0.1) is 5.41 Å². The van der Waals surface area contributed by atoms with Crippen molar-refractivity contribution in [1.29, 1.82) is 0 Å². The van der Waals surface area contributed by atoms with Crippen LogP contribution in [-0.4, -0.2) is 44.6 Å². The van der Waals surface area contributed by atoms with Crippen LogP contribution in [0.4, 0.5) is 5.69 Å². The lowest BCUT2D eigenvalue weighted by Crippen LogP contribution is -2.47. The van der Waals surface area contributed by atoms with E-state index in [4.69, 9.17) is 14.2 Å². The number of nitrogens with zero attached hydrogens (tertiary/aromatic N) is 1. The minimum atomic E-state index is -0.305. The molecule has 2 aromatic rings. The first kappa shape index (κ1) is 21.3. The smallest absolute Gasteiger partial charge is 0.339 e. The first-order chi connectivity index (χ1) is 15.4. The van der Waals surface area contributed by atoms with Crippen molar-refractivity contribution >= 4 is 11.7 Å². The zero-order valence-corrected chi connectivity index (χ0v) is 19.3. The van der Waals surface area contributed by atoms with Crippen LogP contribution < -0.4 is 15.0 Å². The number of morpholine rings is 1. The topological polar surface area (TPSA) is 60.0 Å². The van der Waals surface area contributed by atoms with Gasteiger partial charge in [0.15, 0.2) is 6.23 Å². The molecule has 170 valence electrons. The maximum atomic E-state index is 12.6. The Balaban J connectivity index is 1.60. The van der Waals surface area contributed by atoms with Gasteiger partial charge in [0.1, 0.15) is 5.75 Å². The number of esters is 1. The Morgan fingerprint density at radius 3 is 2.56 bits per heavy atom. The lowest BCUT2D eigenvalue weighted by Gasteiger charge is -2.38. The molecule has 6 heteroatoms. The van der Waals surface area contributed by atoms with Gasteiger partial charge < -0.3 is 19.1 Å². The molecule has 0 amide bonds. The fourth-order valence-corrected chi connectivity index (χ4v) is 5.15. The van der Waals surface area contributed by atoms with Crippen molar-refractivity contribution in [2.75, 3.05) is 25.2 Å². The third kappa shape index (κ3) is 3.65. The number of benzene rings is 2. The van der Waals surface area contributed by atoms with E-state index in [2.05, 4.69) is 55.3 Å². The number of hydrogen-bond donors (Lipinski definition) is 1. The molecular formula is C26H32N2O4. The highest BCUT2D eigenvalue weighted by molar-refractivity contribution is 5.97. The zero-order valence-electron chi connectivity index (χ0n) is 19.3. The molecule has 2 fully saturated rings. The van der Waals surface area contributed by atoms with Crippen molar-refractivity contribution < 1.29 is 19.0 Å². The van der Waals surface area contributed by atoms with Crippen LogP contribution in [-0.2, 0) is 16.0 Å². The van der Waals surface area contributed by atoms with Crippen LogP contribution in [0.5, 0.6) is 5.75 Å². The number of rotatable bonds is 3. The SMILES string of the molecule is COC(=O)c1ccc(-c2cccc3c2OC(C(C)(C)C)NC3)cc1N1C2CCC1COC2. The number of methoxy groups -OCH3 is 1. The maximum Gasteiger partial charge on any atom is 0.339 e. The van der Waals surface area contributed by atoms with E-state index in [1.807, 2.05) is 12.1 Å². The summed E-state index contributed by atoms with van der Waals surface area (Å²) < 4.78 is 17.4. The molecule has 3 aliphatic rings. The lowest BCUT2D eigenvalue weighted by molar-refractivity contribution is 0.0422. The fraction of sp³-hybridized carbons (Fsp3) is 0.500. The highest BCUT2D eigenvalue weighted by Crippen LogP contribution is 2.42. The van der Waals surface area contributed by atoms with Crippen LogP contribution in [0.1, 0.15) is 49.5 Å². The van der Waals surface area contributed by atoms with E-state index < -0.39 is 0 Å². The standard InChI is InChI=1S/C26H32N2O4/c1-26(2,3)25-27-13-17-6-5-7-20(23(17)32-25)16-8-11-21(24(29)30-4)22(12-16)28-18-9-10-19(28)15-31-14-18/h5-8,11-12,18-19,25,27H,9-10,13-15H2,1-4H3. The number of ether oxygens (including phenoxy) is 3. The van der Waals surface area contributed by atoms with Crippen LogP contribution in [0.3, 0.4) is 0 Å². The Bertz CT molecular complexity index is 1010. The zero-order chi connectivity index (χ0) is 22.5. The van der Waals surface area contributed by atoms with Crippen LogP contribution in [0.2, 0.25) is 0 Å². The predicted molar refractivity (Wildman–Crippen MR) is 124 cm³/mol. The van der Waals surface area contributed by atoms with Crippen LogP contribution >= 0.6 is 0 Å². The second kappa shape index (κ2) is 8.09. The molecule has 2 bridgehead atoms. The molecule has 2 aromatic carbocycles. The Morgan fingerprint density at radius 1 is 1.12 bits per heavy atom. The molecular weight excluding hydrogens is 404 g/mol. The molecule has 2 saturated heterocycles. The second-order valence-electron chi connectivity index (χ2n) is 10.1. The van der Waals surface area contributed by atoms with Crippen molar-refractivity contribution in [2.24, 2.45) is 5.41 Å². The molecule has 3 heterocycles. The summed E-state index contributed by atoms with van der Waals surface area (Å²) in [6, 6.07) is 12.9. The van der Waals surface area contributed by atoms with Gasteiger partial charge in [-0.1, -0.05) is 45.0 Å². The summed E-state index contributed by atoms with van der Waals surface area (Å²) in [6.07, 6.45) is 2.09. The molecule has 3 atom stereocenters. The number of para-hydroxylation sites is 1. The Hall–Kier alpha value is -2.57. The third-order valence-corrected chi connectivity index (χ3v) is 6.83. The lowest BCUT2D eigenvalue weighted by atomic mass is 9.91. The van der Waals surface area contributed by atoms with Crippen molar-refractivity contribution in [2.45, 2.75) is 58.5 Å². The van der Waals surface area contributed by atoms with Gasteiger partial charge in [-0.05, 0) is 30.5 Å². The van der Waals surface area contributed by atoms with Crippen molar-refractivity contribution in [3.8, 4) is 16.9 Å². The first-order valence-corrected chi connectivity index (χ1v) is 11.5. The van der Waals surface area contributed by atoms with Gasteiger partial charge in [0, 0.05) is 23.1 Å². The van der Waals surface area contributed by atoms with Gasteiger partial charge in [-0.25, -0.2) is 4.79 Å². The number of carbonyl (C=O) groups excluding carboxylic acids is 1. The number of hydrogen-bond acceptors (Lipinski definition) is 6. The van der Waals surface area contributed by atoms with E-state index in [9.17, 15) is 4.79 Å². The summed E-state index contributed by atoms with van der Waals surface area (Å²) in [5.41, 5.74) is 4.76. The van der Waals surface area contributed by atoms with E-state index in [1.54, 1.807) is 0 Å². The fourth-order valence-electron chi connectivity index (χ4n) is 5.15. The third-order valence-electron chi connectivity index (χ3n) is 6.83. The van der Waals surface area contributed by atoms with Crippen LogP contribution in [0.15, 0.2) is 36.4 Å². The molecule has 3 aliphatic heterocycles. The van der Waals surface area contributed by atoms with E-state index in [0.717, 1.165) is 47.5 Å². The van der Waals surface area contributed by atoms with Crippen molar-refractivity contribution in [3.05, 3.63) is 47.5 Å². The minimum absolute atomic E-state index is 0.0301. The molecule has 0 aliphatic carbocycles. The summed E-state index contributed by atoms with van der Waals surface area (Å²) in [6.45, 7) is 8.70. The summed E-state index contributed by atoms with van der Waals surface area (Å²) in [5, 5.41) is 3.50. The summed E-state index contributed by atoms with van der Waals surface area (Å²) in [5.74, 6) is 0.619. The van der Waals surface area contributed by atoms with Crippen LogP contribution in [0.25, 0.3) is 11.1 Å². The highest BCUT2D eigenvalue weighted by atomic mass is 16.5. The number of anilines is 1. The predicted octanol–water partition coefficient (Wildman–Crippen LogP) is 4.36. The number of carbonyl (C=O) groups is 1. The molecule has 0 radical (unpaired) electrons. The second-order valence-corrected chi connectivity index (χ2v) is 10.1. The quantitative estimate of drug-likeness (QED) is 0.722. The molecule has 32 heavy (non-hydrogen) atoms. The molecule has 0 aromatic heterocycles. The molecule has 0 spiro atoms. The number of nitrogens with one attached hydrogen (secondary N) is 1. The number of fused-ring (bicyclic) bond motifs is 3. The van der Waals surface area contributed by atoms with Crippen molar-refractivity contribution in [3.63, 3.8) is 0 Å². The summed E-state index contributed by atoms with van der Waals surface area (Å²) in [4.78, 5) is 15.0. The largest absolute Gasteiger partial charge is 0.474 e. The monoisotopic (exact) mass is 436 g/mol. The molecule has 5 rings (SSSR count). The van der Waals surface area contributed by atoms with E-state index in [-0.39, 0.29) is 17.6 Å². The van der Waals surface area contributed by atoms with Gasteiger partial charge in [-0.3, -0.25) is 5.32 Å². The Morgan fingerprint density at radius 2 is 1.88 bits per heavy atom. The highest BCUT2D eigenvalue weighted by Gasteiger charge is 2.39. The minimum Gasteiger partial charge on any atom is -0.474 e. The van der Waals surface area contributed by atoms with Gasteiger partial charge in [-0.2, -0.15) is 0 Å². The average molecular weight is 437 g/mol. The van der Waals surface area contributed by atoms with E-state index >= 15 is 0 Å². The molecule has 0 saturated carbocycles. The molecule has 3 unspecified atom stereocenters. The van der Waals surface area contributed by atoms with Gasteiger partial charge in [0.05, 0.1) is 43.7 Å². The average Bonchev–Trinajstić information content (AvgIpc) is 3.04. The van der Waals surface area contributed by atoms with Gasteiger partial charge in [0.25, 0.3) is 0 Å². The van der Waals surface area contributed by atoms with Gasteiger partial charge in [-0.15, -0.1) is 0 Å². The normalized spacial score (nSPS) is 24.6. The van der Waals surface area contributed by atoms with Crippen molar-refractivity contribution in [1.82, 2.24) is 5.32 Å². The first-order valence-electron chi connectivity index (χ1n) is 11.5. The summed E-state index contributed by atoms with van der Waals surface area (Å²) >= 11 is 0. The van der Waals surface area contributed by atoms with Gasteiger partial charge >= 0.3 is 5.97 Å². The Kier molecular flexibility index (Phi) is 5.38. The van der Waals surface area contributed by atoms with E-state index in [0.29, 0.717) is 30.9 Å². The van der Waals surface area contributed by atoms with Gasteiger partial charge in [0.2, 0.25) is 0 Å². The maximum absolute atomic E-state index is 12.6.